The number of nitrogens with zero attached hydrogens (tertiary/aromatic N) is 2. The molecule has 1 saturated heterocycles. The van der Waals surface area contributed by atoms with E-state index in [9.17, 15) is 4.79 Å². The quantitative estimate of drug-likeness (QED) is 0.506. The smallest absolute Gasteiger partial charge is 0.253 e. The van der Waals surface area contributed by atoms with E-state index in [4.69, 9.17) is 0 Å². The van der Waals surface area contributed by atoms with Crippen LogP contribution in [0.15, 0.2) is 24.3 Å². The molecule has 1 aromatic carbocycles. The first kappa shape index (κ1) is 16.4. The lowest BCUT2D eigenvalue weighted by atomic mass is 10.1. The Morgan fingerprint density at radius 3 is 2.00 bits per heavy atom. The number of hydrogen-bond acceptors (Lipinski definition) is 1. The summed E-state index contributed by atoms with van der Waals surface area (Å²) in [6.07, 6.45) is 3.54. The minimum Gasteiger partial charge on any atom is -1.00 e. The Labute approximate surface area is 133 Å². The van der Waals surface area contributed by atoms with Gasteiger partial charge >= 0.3 is 0 Å². The number of rotatable bonds is 2. The van der Waals surface area contributed by atoms with Crippen molar-refractivity contribution >= 4 is 11.6 Å². The van der Waals surface area contributed by atoms with Crippen molar-refractivity contribution in [2.24, 2.45) is 0 Å². The summed E-state index contributed by atoms with van der Waals surface area (Å²) in [7, 11) is 6.38. The monoisotopic (exact) mass is 374 g/mol. The summed E-state index contributed by atoms with van der Waals surface area (Å²) in [5, 5.41) is 0. The molecule has 1 amide bonds. The Kier molecular flexibility index (Phi) is 5.80. The van der Waals surface area contributed by atoms with Crippen molar-refractivity contribution in [3.8, 4) is 0 Å². The molecule has 3 nitrogen and oxygen atoms in total. The molecule has 1 aliphatic rings. The van der Waals surface area contributed by atoms with Crippen molar-refractivity contribution in [3.05, 3.63) is 29.8 Å². The minimum atomic E-state index is 0. The summed E-state index contributed by atoms with van der Waals surface area (Å²) in [5.41, 5.74) is 2.03. The Balaban J connectivity index is 0.00000180. The largest absolute Gasteiger partial charge is 1.00 e. The van der Waals surface area contributed by atoms with E-state index in [0.29, 0.717) is 0 Å². The molecule has 0 aliphatic carbocycles. The molecule has 2 rings (SSSR count). The predicted molar refractivity (Wildman–Crippen MR) is 75.8 cm³/mol. The minimum absolute atomic E-state index is 0. The van der Waals surface area contributed by atoms with Crippen LogP contribution in [0.3, 0.4) is 0 Å². The number of benzene rings is 1. The first-order valence-corrected chi connectivity index (χ1v) is 6.70. The van der Waals surface area contributed by atoms with Crippen LogP contribution in [0, 0.1) is 0 Å². The number of carbonyl (C=O) groups is 1. The number of carbonyl (C=O) groups excluding carboxylic acids is 1. The van der Waals surface area contributed by atoms with Gasteiger partial charge in [-0.2, -0.15) is 0 Å². The zero-order valence-electron chi connectivity index (χ0n) is 12.0. The van der Waals surface area contributed by atoms with Crippen LogP contribution in [0.4, 0.5) is 5.69 Å². The summed E-state index contributed by atoms with van der Waals surface area (Å²) in [4.78, 5) is 14.3. The van der Waals surface area contributed by atoms with E-state index in [2.05, 4.69) is 33.3 Å². The maximum Gasteiger partial charge on any atom is 0.253 e. The third kappa shape index (κ3) is 4.18. The second-order valence-corrected chi connectivity index (χ2v) is 5.91. The summed E-state index contributed by atoms with van der Waals surface area (Å²) >= 11 is 0. The van der Waals surface area contributed by atoms with Gasteiger partial charge < -0.3 is 28.9 Å². The third-order valence-corrected chi connectivity index (χ3v) is 3.53. The van der Waals surface area contributed by atoms with E-state index in [0.717, 1.165) is 36.0 Å². The number of hydrogen-bond donors (Lipinski definition) is 0. The molecular weight excluding hydrogens is 351 g/mol. The Hall–Kier alpha value is -0.620. The van der Waals surface area contributed by atoms with Gasteiger partial charge in [0.25, 0.3) is 5.91 Å². The van der Waals surface area contributed by atoms with Crippen molar-refractivity contribution in [1.82, 2.24) is 9.38 Å². The highest BCUT2D eigenvalue weighted by atomic mass is 127. The van der Waals surface area contributed by atoms with Crippen molar-refractivity contribution in [3.63, 3.8) is 0 Å². The maximum absolute atomic E-state index is 12.3. The van der Waals surface area contributed by atoms with Crippen molar-refractivity contribution in [2.45, 2.75) is 19.3 Å². The topological polar surface area (TPSA) is 20.3 Å². The zero-order chi connectivity index (χ0) is 13.2. The predicted octanol–water partition coefficient (Wildman–Crippen LogP) is -0.487. The van der Waals surface area contributed by atoms with E-state index in [1.165, 1.54) is 12.1 Å². The first-order valence-electron chi connectivity index (χ1n) is 6.70. The van der Waals surface area contributed by atoms with Crippen LogP contribution < -0.4 is 28.5 Å². The van der Waals surface area contributed by atoms with Crippen molar-refractivity contribution < 1.29 is 28.8 Å². The fourth-order valence-corrected chi connectivity index (χ4v) is 2.33. The zero-order valence-corrected chi connectivity index (χ0v) is 14.2. The van der Waals surface area contributed by atoms with E-state index >= 15 is 0 Å². The lowest BCUT2D eigenvalue weighted by Gasteiger charge is -2.27. The Bertz CT molecular complexity index is 417. The Morgan fingerprint density at radius 2 is 1.53 bits per heavy atom. The fourth-order valence-electron chi connectivity index (χ4n) is 2.33. The van der Waals surface area contributed by atoms with Crippen LogP contribution in [0.1, 0.15) is 29.6 Å². The van der Waals surface area contributed by atoms with Crippen molar-refractivity contribution in [2.75, 3.05) is 34.2 Å². The van der Waals surface area contributed by atoms with Gasteiger partial charge in [-0.3, -0.25) is 9.28 Å². The standard InChI is InChI=1S/C15H23N2O.HI/c1-17(2,3)14-9-7-13(8-10-14)15(18)16-11-5-4-6-12-16;/h7-10H,4-6,11-12H2,1-3H3;1H/q+1;/p-1. The molecule has 0 bridgehead atoms. The molecule has 106 valence electrons. The van der Waals surface area contributed by atoms with Gasteiger partial charge in [-0.1, -0.05) is 0 Å². The van der Waals surface area contributed by atoms with Crippen molar-refractivity contribution in [1.29, 1.82) is 0 Å². The van der Waals surface area contributed by atoms with Gasteiger partial charge in [-0.05, 0) is 43.5 Å². The van der Waals surface area contributed by atoms with Gasteiger partial charge in [-0.25, -0.2) is 0 Å². The molecule has 4 heteroatoms. The second kappa shape index (κ2) is 6.70. The van der Waals surface area contributed by atoms with E-state index in [-0.39, 0.29) is 29.9 Å². The van der Waals surface area contributed by atoms with Crippen LogP contribution in [0.2, 0.25) is 0 Å². The van der Waals surface area contributed by atoms with Crippen LogP contribution in [-0.2, 0) is 0 Å². The highest BCUT2D eigenvalue weighted by molar-refractivity contribution is 5.94. The van der Waals surface area contributed by atoms with Crippen LogP contribution in [-0.4, -0.2) is 45.0 Å². The van der Waals surface area contributed by atoms with Gasteiger partial charge in [0.2, 0.25) is 0 Å². The van der Waals surface area contributed by atoms with Gasteiger partial charge in [-0.15, -0.1) is 0 Å². The summed E-state index contributed by atoms with van der Waals surface area (Å²) in [6, 6.07) is 8.01. The van der Waals surface area contributed by atoms with Crippen LogP contribution in [0.5, 0.6) is 0 Å². The molecule has 0 atom stereocenters. The number of halogens is 1. The molecule has 1 fully saturated rings. The first-order chi connectivity index (χ1) is 8.48. The SMILES string of the molecule is C[N+](C)(C)c1ccc(C(=O)N2CCCCC2)cc1.[I-]. The molecule has 0 spiro atoms. The summed E-state index contributed by atoms with van der Waals surface area (Å²) < 4.78 is 0.776. The van der Waals surface area contributed by atoms with Crippen LogP contribution >= 0.6 is 0 Å². The fraction of sp³-hybridized carbons (Fsp3) is 0.533. The molecular formula is C15H23IN2O. The van der Waals surface area contributed by atoms with Crippen LogP contribution in [0.25, 0.3) is 0 Å². The van der Waals surface area contributed by atoms with Gasteiger partial charge in [0.15, 0.2) is 0 Å². The lowest BCUT2D eigenvalue weighted by Crippen LogP contribution is -3.00. The Morgan fingerprint density at radius 1 is 1.00 bits per heavy atom. The lowest BCUT2D eigenvalue weighted by molar-refractivity contribution is -0.0000141. The molecule has 0 N–H and O–H groups in total. The van der Waals surface area contributed by atoms with E-state index < -0.39 is 0 Å². The molecule has 0 saturated carbocycles. The highest BCUT2D eigenvalue weighted by Gasteiger charge is 2.19. The molecule has 1 heterocycles. The van der Waals surface area contributed by atoms with E-state index in [1.54, 1.807) is 0 Å². The number of likely N-dealkylation sites (tertiary alicyclic amines) is 1. The van der Waals surface area contributed by atoms with E-state index in [1.807, 2.05) is 17.0 Å². The van der Waals surface area contributed by atoms with Gasteiger partial charge in [0.1, 0.15) is 5.69 Å². The summed E-state index contributed by atoms with van der Waals surface area (Å²) in [6.45, 7) is 1.83. The maximum atomic E-state index is 12.3. The average molecular weight is 374 g/mol. The number of quaternary nitrogens is 1. The number of piperidine rings is 1. The number of amides is 1. The third-order valence-electron chi connectivity index (χ3n) is 3.53. The average Bonchev–Trinajstić information content (AvgIpc) is 2.38. The molecule has 0 unspecified atom stereocenters. The highest BCUT2D eigenvalue weighted by Crippen LogP contribution is 2.19. The molecule has 19 heavy (non-hydrogen) atoms. The normalized spacial score (nSPS) is 15.8. The molecule has 1 aromatic rings. The molecule has 0 aromatic heterocycles. The van der Waals surface area contributed by atoms with Gasteiger partial charge in [0.05, 0.1) is 21.1 Å². The second-order valence-electron chi connectivity index (χ2n) is 5.91. The molecule has 0 radical (unpaired) electrons. The summed E-state index contributed by atoms with van der Waals surface area (Å²) in [5.74, 6) is 0.183. The molecule has 1 aliphatic heterocycles. The van der Waals surface area contributed by atoms with Gasteiger partial charge in [0, 0.05) is 18.7 Å².